The van der Waals surface area contributed by atoms with Crippen molar-refractivity contribution in [2.45, 2.75) is 6.42 Å². The number of nitrogens with zero attached hydrogens (tertiary/aromatic N) is 2. The third-order valence-corrected chi connectivity index (χ3v) is 4.84. The molecule has 0 radical (unpaired) electrons. The lowest BCUT2D eigenvalue weighted by molar-refractivity contribution is 0.982. The van der Waals surface area contributed by atoms with E-state index in [2.05, 4.69) is 48.3 Å². The molecule has 0 aliphatic heterocycles. The predicted octanol–water partition coefficient (Wildman–Crippen LogP) is 4.40. The summed E-state index contributed by atoms with van der Waals surface area (Å²) in [5, 5.41) is 3.67. The highest BCUT2D eigenvalue weighted by molar-refractivity contribution is 9.10. The summed E-state index contributed by atoms with van der Waals surface area (Å²) in [6.45, 7) is 0.671. The van der Waals surface area contributed by atoms with Gasteiger partial charge in [0.2, 0.25) is 5.95 Å². The number of halogens is 1. The Kier molecular flexibility index (Phi) is 4.98. The molecule has 0 saturated heterocycles. The van der Waals surface area contributed by atoms with Gasteiger partial charge in [-0.15, -0.1) is 0 Å². The quantitative estimate of drug-likeness (QED) is 0.501. The molecule has 2 aromatic heterocycles. The van der Waals surface area contributed by atoms with Crippen LogP contribution in [0.4, 0.5) is 5.95 Å². The van der Waals surface area contributed by atoms with Crippen LogP contribution >= 0.6 is 15.9 Å². The van der Waals surface area contributed by atoms with Crippen LogP contribution in [0, 0.1) is 0 Å². The van der Waals surface area contributed by atoms with E-state index in [9.17, 15) is 4.79 Å². The van der Waals surface area contributed by atoms with Gasteiger partial charge in [0.15, 0.2) is 5.65 Å². The standard InChI is InChI=1S/C21H17BrN4O/c22-16-8-6-15(7-9-16)17-11-13-23-19-18(17)20(27)26-21(25-19)24-12-10-14-4-2-1-3-5-14/h1-9,11,13H,10,12H2,(H2,23,24,25,26,27). The van der Waals surface area contributed by atoms with Crippen LogP contribution in [0.2, 0.25) is 0 Å². The maximum Gasteiger partial charge on any atom is 0.262 e. The van der Waals surface area contributed by atoms with Gasteiger partial charge in [0, 0.05) is 17.2 Å². The van der Waals surface area contributed by atoms with Crippen LogP contribution in [0.1, 0.15) is 5.56 Å². The van der Waals surface area contributed by atoms with E-state index in [0.29, 0.717) is 23.5 Å². The summed E-state index contributed by atoms with van der Waals surface area (Å²) in [6.07, 6.45) is 2.52. The Hall–Kier alpha value is -2.99. The number of fused-ring (bicyclic) bond motifs is 1. The Labute approximate surface area is 164 Å². The first-order valence-corrected chi connectivity index (χ1v) is 9.43. The van der Waals surface area contributed by atoms with Gasteiger partial charge in [-0.3, -0.25) is 9.78 Å². The fraction of sp³-hybridized carbons (Fsp3) is 0.0952. The zero-order valence-corrected chi connectivity index (χ0v) is 16.0. The summed E-state index contributed by atoms with van der Waals surface area (Å²) in [5.74, 6) is 0.434. The molecule has 0 atom stereocenters. The normalized spacial score (nSPS) is 10.9. The number of aromatic amines is 1. The van der Waals surface area contributed by atoms with E-state index in [0.717, 1.165) is 22.0 Å². The summed E-state index contributed by atoms with van der Waals surface area (Å²) in [4.78, 5) is 24.3. The molecule has 0 bridgehead atoms. The van der Waals surface area contributed by atoms with Gasteiger partial charge in [-0.05, 0) is 41.3 Å². The molecule has 27 heavy (non-hydrogen) atoms. The zero-order chi connectivity index (χ0) is 18.6. The highest BCUT2D eigenvalue weighted by Crippen LogP contribution is 2.26. The highest BCUT2D eigenvalue weighted by Gasteiger charge is 2.11. The van der Waals surface area contributed by atoms with Crippen molar-refractivity contribution >= 4 is 32.9 Å². The molecule has 4 aromatic rings. The highest BCUT2D eigenvalue weighted by atomic mass is 79.9. The molecule has 6 heteroatoms. The third kappa shape index (κ3) is 3.90. The Morgan fingerprint density at radius 2 is 1.78 bits per heavy atom. The van der Waals surface area contributed by atoms with E-state index in [-0.39, 0.29) is 5.56 Å². The molecule has 2 heterocycles. The summed E-state index contributed by atoms with van der Waals surface area (Å²) in [5.41, 5.74) is 3.22. The van der Waals surface area contributed by atoms with Crippen molar-refractivity contribution in [3.8, 4) is 11.1 Å². The van der Waals surface area contributed by atoms with Gasteiger partial charge >= 0.3 is 0 Å². The molecule has 0 saturated carbocycles. The second-order valence-electron chi connectivity index (χ2n) is 6.14. The lowest BCUT2D eigenvalue weighted by atomic mass is 10.0. The molecule has 0 aliphatic rings. The fourth-order valence-corrected chi connectivity index (χ4v) is 3.25. The van der Waals surface area contributed by atoms with E-state index < -0.39 is 0 Å². The molecule has 4 rings (SSSR count). The summed E-state index contributed by atoms with van der Waals surface area (Å²) in [6, 6.07) is 19.8. The van der Waals surface area contributed by atoms with Crippen molar-refractivity contribution in [2.75, 3.05) is 11.9 Å². The Bertz CT molecular complexity index is 1120. The average molecular weight is 421 g/mol. The van der Waals surface area contributed by atoms with E-state index >= 15 is 0 Å². The average Bonchev–Trinajstić information content (AvgIpc) is 2.69. The van der Waals surface area contributed by atoms with E-state index in [1.807, 2.05) is 48.5 Å². The molecule has 134 valence electrons. The fourth-order valence-electron chi connectivity index (χ4n) is 2.99. The van der Waals surface area contributed by atoms with Gasteiger partial charge < -0.3 is 5.32 Å². The van der Waals surface area contributed by atoms with Gasteiger partial charge in [0.05, 0.1) is 5.39 Å². The van der Waals surface area contributed by atoms with Crippen LogP contribution in [0.15, 0.2) is 76.1 Å². The first-order chi connectivity index (χ1) is 13.2. The molecular weight excluding hydrogens is 404 g/mol. The Morgan fingerprint density at radius 1 is 1.00 bits per heavy atom. The molecule has 5 nitrogen and oxygen atoms in total. The molecule has 0 amide bonds. The van der Waals surface area contributed by atoms with E-state index in [1.54, 1.807) is 6.20 Å². The van der Waals surface area contributed by atoms with Crippen LogP contribution < -0.4 is 10.9 Å². The number of hydrogen-bond acceptors (Lipinski definition) is 4. The number of benzene rings is 2. The largest absolute Gasteiger partial charge is 0.355 e. The first-order valence-electron chi connectivity index (χ1n) is 8.63. The smallest absolute Gasteiger partial charge is 0.262 e. The van der Waals surface area contributed by atoms with Gasteiger partial charge in [0.25, 0.3) is 5.56 Å². The van der Waals surface area contributed by atoms with Crippen molar-refractivity contribution in [3.63, 3.8) is 0 Å². The molecular formula is C21H17BrN4O. The first kappa shape index (κ1) is 17.4. The number of aromatic nitrogens is 3. The molecule has 0 aliphatic carbocycles. The topological polar surface area (TPSA) is 70.7 Å². The second-order valence-corrected chi connectivity index (χ2v) is 7.06. The minimum atomic E-state index is -0.201. The Morgan fingerprint density at radius 3 is 2.56 bits per heavy atom. The van der Waals surface area contributed by atoms with Crippen LogP contribution in [0.5, 0.6) is 0 Å². The summed E-state index contributed by atoms with van der Waals surface area (Å²) < 4.78 is 0.988. The molecule has 2 N–H and O–H groups in total. The van der Waals surface area contributed by atoms with Crippen molar-refractivity contribution < 1.29 is 0 Å². The summed E-state index contributed by atoms with van der Waals surface area (Å²) >= 11 is 3.43. The van der Waals surface area contributed by atoms with Gasteiger partial charge in [-0.2, -0.15) is 4.98 Å². The van der Waals surface area contributed by atoms with E-state index in [4.69, 9.17) is 0 Å². The molecule has 2 aromatic carbocycles. The summed E-state index contributed by atoms with van der Waals surface area (Å²) in [7, 11) is 0. The number of nitrogens with one attached hydrogen (secondary N) is 2. The number of rotatable bonds is 5. The second kappa shape index (κ2) is 7.72. The van der Waals surface area contributed by atoms with E-state index in [1.165, 1.54) is 5.56 Å². The van der Waals surface area contributed by atoms with Crippen LogP contribution in [0.3, 0.4) is 0 Å². The minimum absolute atomic E-state index is 0.201. The van der Waals surface area contributed by atoms with Crippen molar-refractivity contribution in [2.24, 2.45) is 0 Å². The van der Waals surface area contributed by atoms with Crippen molar-refractivity contribution in [3.05, 3.63) is 87.3 Å². The van der Waals surface area contributed by atoms with Gasteiger partial charge in [0.1, 0.15) is 0 Å². The maximum absolute atomic E-state index is 12.7. The van der Waals surface area contributed by atoms with Gasteiger partial charge in [-0.25, -0.2) is 4.98 Å². The third-order valence-electron chi connectivity index (χ3n) is 4.31. The van der Waals surface area contributed by atoms with Crippen LogP contribution in [-0.4, -0.2) is 21.5 Å². The van der Waals surface area contributed by atoms with Crippen molar-refractivity contribution in [1.29, 1.82) is 0 Å². The predicted molar refractivity (Wildman–Crippen MR) is 112 cm³/mol. The molecule has 0 fully saturated rings. The van der Waals surface area contributed by atoms with Crippen molar-refractivity contribution in [1.82, 2.24) is 15.0 Å². The monoisotopic (exact) mass is 420 g/mol. The number of anilines is 1. The lowest BCUT2D eigenvalue weighted by Crippen LogP contribution is -2.16. The number of hydrogen-bond donors (Lipinski definition) is 2. The van der Waals surface area contributed by atoms with Crippen LogP contribution in [0.25, 0.3) is 22.2 Å². The number of pyridine rings is 1. The minimum Gasteiger partial charge on any atom is -0.355 e. The van der Waals surface area contributed by atoms with Gasteiger partial charge in [-0.1, -0.05) is 58.4 Å². The molecule has 0 spiro atoms. The number of H-pyrrole nitrogens is 1. The maximum atomic E-state index is 12.7. The SMILES string of the molecule is O=c1[nH]c(NCCc2ccccc2)nc2nccc(-c3ccc(Br)cc3)c12. The van der Waals surface area contributed by atoms with Crippen LogP contribution in [-0.2, 0) is 6.42 Å². The Balaban J connectivity index is 1.62. The molecule has 0 unspecified atom stereocenters. The lowest BCUT2D eigenvalue weighted by Gasteiger charge is -2.09. The zero-order valence-electron chi connectivity index (χ0n) is 14.4.